The number of para-hydroxylation sites is 2. The maximum Gasteiger partial charge on any atom is 0.270 e. The summed E-state index contributed by atoms with van der Waals surface area (Å²) in [4.78, 5) is 28.0. The van der Waals surface area contributed by atoms with Crippen molar-refractivity contribution < 1.29 is 22.7 Å². The van der Waals surface area contributed by atoms with Gasteiger partial charge in [0, 0.05) is 17.1 Å². The topological polar surface area (TPSA) is 97.7 Å². The fourth-order valence-corrected chi connectivity index (χ4v) is 6.31. The number of carbonyl (C=O) groups is 2. The molecule has 0 radical (unpaired) electrons. The van der Waals surface area contributed by atoms with Gasteiger partial charge in [0.1, 0.15) is 17.1 Å². The molecule has 208 valence electrons. The van der Waals surface area contributed by atoms with Crippen LogP contribution in [0.5, 0.6) is 11.5 Å². The van der Waals surface area contributed by atoms with Crippen molar-refractivity contribution >= 4 is 61.8 Å². The number of carbonyl (C=O) groups excluding carboxylic acids is 2. The van der Waals surface area contributed by atoms with Crippen molar-refractivity contribution in [2.75, 3.05) is 4.90 Å². The molecule has 6 rings (SSSR count). The normalized spacial score (nSPS) is 14.8. The smallest absolute Gasteiger partial charge is 0.270 e. The maximum absolute atomic E-state index is 13.7. The summed E-state index contributed by atoms with van der Waals surface area (Å²) in [6.45, 7) is 1.87. The van der Waals surface area contributed by atoms with E-state index in [0.29, 0.717) is 33.7 Å². The predicted molar refractivity (Wildman–Crippen MR) is 165 cm³/mol. The van der Waals surface area contributed by atoms with Gasteiger partial charge in [-0.3, -0.25) is 19.8 Å². The molecule has 0 aliphatic carbocycles. The maximum atomic E-state index is 13.7. The van der Waals surface area contributed by atoms with Gasteiger partial charge in [-0.1, -0.05) is 54.1 Å². The minimum Gasteiger partial charge on any atom is -0.457 e. The van der Waals surface area contributed by atoms with E-state index >= 15 is 0 Å². The molecule has 1 aromatic heterocycles. The van der Waals surface area contributed by atoms with Crippen LogP contribution in [0.3, 0.4) is 0 Å². The number of anilines is 1. The molecule has 0 atom stereocenters. The van der Waals surface area contributed by atoms with Crippen LogP contribution in [-0.2, 0) is 19.6 Å². The second-order valence-corrected chi connectivity index (χ2v) is 11.8. The molecule has 0 spiro atoms. The Labute approximate surface area is 247 Å². The van der Waals surface area contributed by atoms with Gasteiger partial charge in [-0.25, -0.2) is 12.4 Å². The monoisotopic (exact) mass is 593 g/mol. The van der Waals surface area contributed by atoms with Crippen molar-refractivity contribution in [3.63, 3.8) is 0 Å². The van der Waals surface area contributed by atoms with Crippen LogP contribution in [0.2, 0.25) is 0 Å². The third-order valence-corrected chi connectivity index (χ3v) is 8.73. The van der Waals surface area contributed by atoms with Crippen LogP contribution in [0.4, 0.5) is 5.69 Å². The second kappa shape index (κ2) is 10.7. The molecule has 1 saturated heterocycles. The van der Waals surface area contributed by atoms with Crippen molar-refractivity contribution in [3.05, 3.63) is 126 Å². The summed E-state index contributed by atoms with van der Waals surface area (Å²) < 4.78 is 34.1. The number of aromatic nitrogens is 1. The number of hydrogen-bond donors (Lipinski definition) is 1. The lowest BCUT2D eigenvalue weighted by Crippen LogP contribution is -2.54. The molecular weight excluding hydrogens is 571 g/mol. The third kappa shape index (κ3) is 4.98. The van der Waals surface area contributed by atoms with Crippen molar-refractivity contribution in [1.29, 1.82) is 0 Å². The van der Waals surface area contributed by atoms with Crippen molar-refractivity contribution in [1.82, 2.24) is 9.29 Å². The van der Waals surface area contributed by atoms with Gasteiger partial charge in [0.25, 0.3) is 21.8 Å². The highest BCUT2D eigenvalue weighted by Gasteiger charge is 2.35. The highest BCUT2D eigenvalue weighted by Crippen LogP contribution is 2.30. The van der Waals surface area contributed by atoms with Gasteiger partial charge >= 0.3 is 0 Å². The summed E-state index contributed by atoms with van der Waals surface area (Å²) in [5.74, 6) is -0.0965. The number of ether oxygens (including phenoxy) is 1. The molecule has 10 heteroatoms. The Kier molecular flexibility index (Phi) is 6.93. The number of thiocarbonyl (C=S) groups is 1. The van der Waals surface area contributed by atoms with Crippen LogP contribution in [0.1, 0.15) is 11.1 Å². The van der Waals surface area contributed by atoms with E-state index in [2.05, 4.69) is 5.32 Å². The molecule has 1 fully saturated rings. The van der Waals surface area contributed by atoms with E-state index in [1.807, 2.05) is 37.3 Å². The molecule has 0 bridgehead atoms. The Bertz CT molecular complexity index is 2000. The van der Waals surface area contributed by atoms with Crippen molar-refractivity contribution in [2.45, 2.75) is 11.8 Å². The predicted octanol–water partition coefficient (Wildman–Crippen LogP) is 5.81. The number of hydrogen-bond acceptors (Lipinski definition) is 6. The Balaban J connectivity index is 1.36. The summed E-state index contributed by atoms with van der Waals surface area (Å²) in [6, 6.07) is 29.4. The second-order valence-electron chi connectivity index (χ2n) is 9.58. The fourth-order valence-electron chi connectivity index (χ4n) is 4.65. The zero-order valence-electron chi connectivity index (χ0n) is 22.2. The van der Waals surface area contributed by atoms with Gasteiger partial charge in [0.15, 0.2) is 5.11 Å². The molecule has 1 N–H and O–H groups in total. The number of nitrogens with one attached hydrogen (secondary N) is 1. The highest BCUT2D eigenvalue weighted by atomic mass is 32.2. The molecule has 2 amide bonds. The first-order chi connectivity index (χ1) is 20.2. The standard InChI is InChI=1S/C32H23N3O5S2/c1-21-11-17-26(18-12-21)42(38,39)34-20-22(27-9-5-6-10-29(27)34)19-28-30(36)33-32(41)35(31(28)37)23-13-15-25(16-14-23)40-24-7-3-2-4-8-24/h2-20H,1H3,(H,33,36,41). The van der Waals surface area contributed by atoms with Gasteiger partial charge in [0.2, 0.25) is 0 Å². The lowest BCUT2D eigenvalue weighted by molar-refractivity contribution is -0.122. The molecule has 42 heavy (non-hydrogen) atoms. The first-order valence-corrected chi connectivity index (χ1v) is 14.7. The molecule has 4 aromatic carbocycles. The van der Waals surface area contributed by atoms with E-state index in [1.54, 1.807) is 72.8 Å². The van der Waals surface area contributed by atoms with Crippen molar-refractivity contribution in [2.24, 2.45) is 0 Å². The molecular formula is C32H23N3O5S2. The average Bonchev–Trinajstić information content (AvgIpc) is 3.36. The van der Waals surface area contributed by atoms with Crippen LogP contribution < -0.4 is 15.0 Å². The molecule has 1 aliphatic rings. The summed E-state index contributed by atoms with van der Waals surface area (Å²) in [5, 5.41) is 3.06. The molecule has 8 nitrogen and oxygen atoms in total. The number of aryl methyl sites for hydroxylation is 1. The first kappa shape index (κ1) is 27.1. The summed E-state index contributed by atoms with van der Waals surface area (Å²) >= 11 is 5.34. The lowest BCUT2D eigenvalue weighted by atomic mass is 10.1. The number of fused-ring (bicyclic) bond motifs is 1. The fraction of sp³-hybridized carbons (Fsp3) is 0.0312. The largest absolute Gasteiger partial charge is 0.457 e. The number of benzene rings is 4. The number of rotatable bonds is 6. The Hall–Kier alpha value is -5.06. The average molecular weight is 594 g/mol. The molecule has 5 aromatic rings. The summed E-state index contributed by atoms with van der Waals surface area (Å²) in [7, 11) is -3.96. The summed E-state index contributed by atoms with van der Waals surface area (Å²) in [5.41, 5.74) is 1.97. The van der Waals surface area contributed by atoms with E-state index in [1.165, 1.54) is 21.1 Å². The first-order valence-electron chi connectivity index (χ1n) is 12.9. The minimum absolute atomic E-state index is 0.0664. The van der Waals surface area contributed by atoms with Crippen LogP contribution in [0.25, 0.3) is 17.0 Å². The zero-order valence-corrected chi connectivity index (χ0v) is 23.9. The van der Waals surface area contributed by atoms with E-state index in [0.717, 1.165) is 5.56 Å². The molecule has 1 aliphatic heterocycles. The molecule has 2 heterocycles. The van der Waals surface area contributed by atoms with E-state index in [9.17, 15) is 18.0 Å². The van der Waals surface area contributed by atoms with Crippen LogP contribution in [0.15, 0.2) is 120 Å². The SMILES string of the molecule is Cc1ccc(S(=O)(=O)n2cc(C=C3C(=O)NC(=S)N(c4ccc(Oc5ccccc5)cc4)C3=O)c3ccccc32)cc1. The number of amides is 2. The van der Waals surface area contributed by atoms with Gasteiger partial charge < -0.3 is 4.74 Å². The third-order valence-electron chi connectivity index (χ3n) is 6.76. The van der Waals surface area contributed by atoms with E-state index in [4.69, 9.17) is 17.0 Å². The van der Waals surface area contributed by atoms with E-state index in [-0.39, 0.29) is 15.6 Å². The van der Waals surface area contributed by atoms with Crippen LogP contribution in [-0.4, -0.2) is 29.3 Å². The Morgan fingerprint density at radius 1 is 0.810 bits per heavy atom. The highest BCUT2D eigenvalue weighted by molar-refractivity contribution is 7.90. The minimum atomic E-state index is -3.96. The Morgan fingerprint density at radius 3 is 2.17 bits per heavy atom. The van der Waals surface area contributed by atoms with Gasteiger partial charge in [-0.05, 0) is 79.8 Å². The lowest BCUT2D eigenvalue weighted by Gasteiger charge is -2.29. The van der Waals surface area contributed by atoms with Crippen LogP contribution >= 0.6 is 12.2 Å². The van der Waals surface area contributed by atoms with E-state index < -0.39 is 21.8 Å². The summed E-state index contributed by atoms with van der Waals surface area (Å²) in [6.07, 6.45) is 2.81. The van der Waals surface area contributed by atoms with Gasteiger partial charge in [-0.15, -0.1) is 0 Å². The Morgan fingerprint density at radius 2 is 1.45 bits per heavy atom. The van der Waals surface area contributed by atoms with Gasteiger partial charge in [-0.2, -0.15) is 0 Å². The zero-order chi connectivity index (χ0) is 29.4. The quantitative estimate of drug-likeness (QED) is 0.152. The van der Waals surface area contributed by atoms with Crippen molar-refractivity contribution in [3.8, 4) is 11.5 Å². The molecule has 0 saturated carbocycles. The van der Waals surface area contributed by atoms with Gasteiger partial charge in [0.05, 0.1) is 16.1 Å². The molecule has 0 unspecified atom stereocenters. The number of nitrogens with zero attached hydrogens (tertiary/aromatic N) is 2. The van der Waals surface area contributed by atoms with Crippen LogP contribution in [0, 0.1) is 6.92 Å².